The number of carbonyl (C=O) groups excluding carboxylic acids is 1. The fourth-order valence-corrected chi connectivity index (χ4v) is 3.20. The van der Waals surface area contributed by atoms with Crippen molar-refractivity contribution in [3.05, 3.63) is 34.8 Å². The van der Waals surface area contributed by atoms with Gasteiger partial charge in [0.15, 0.2) is 0 Å². The van der Waals surface area contributed by atoms with Gasteiger partial charge in [-0.2, -0.15) is 0 Å². The highest BCUT2D eigenvalue weighted by Crippen LogP contribution is 2.24. The number of aromatic nitrogens is 1. The van der Waals surface area contributed by atoms with E-state index >= 15 is 0 Å². The summed E-state index contributed by atoms with van der Waals surface area (Å²) < 4.78 is 0.998. The summed E-state index contributed by atoms with van der Waals surface area (Å²) >= 11 is 3.54. The van der Waals surface area contributed by atoms with Crippen molar-refractivity contribution < 1.29 is 4.79 Å². The average Bonchev–Trinajstić information content (AvgIpc) is 2.96. The highest BCUT2D eigenvalue weighted by molar-refractivity contribution is 9.10. The molecule has 0 aliphatic carbocycles. The number of carbonyl (C=O) groups is 1. The van der Waals surface area contributed by atoms with E-state index in [0.717, 1.165) is 40.7 Å². The van der Waals surface area contributed by atoms with Crippen LogP contribution in [0.3, 0.4) is 0 Å². The average molecular weight is 348 g/mol. The molecule has 110 valence electrons. The number of halogens is 1. The minimum Gasteiger partial charge on any atom is -0.365 e. The van der Waals surface area contributed by atoms with Gasteiger partial charge in [0.05, 0.1) is 5.52 Å². The van der Waals surface area contributed by atoms with Crippen molar-refractivity contribution in [1.82, 2.24) is 9.88 Å². The molecule has 1 aliphatic heterocycles. The summed E-state index contributed by atoms with van der Waals surface area (Å²) in [5.41, 5.74) is 0.960. The van der Waals surface area contributed by atoms with E-state index in [1.165, 1.54) is 0 Å². The third kappa shape index (κ3) is 3.02. The predicted molar refractivity (Wildman–Crippen MR) is 88.3 cm³/mol. The Labute approximate surface area is 132 Å². The largest absolute Gasteiger partial charge is 0.365 e. The van der Waals surface area contributed by atoms with E-state index in [1.807, 2.05) is 36.1 Å². The topological polar surface area (TPSA) is 45.2 Å². The van der Waals surface area contributed by atoms with Crippen LogP contribution >= 0.6 is 15.9 Å². The molecule has 4 nitrogen and oxygen atoms in total. The van der Waals surface area contributed by atoms with E-state index in [9.17, 15) is 4.79 Å². The van der Waals surface area contributed by atoms with Crippen LogP contribution in [0.4, 0.5) is 5.82 Å². The van der Waals surface area contributed by atoms with Crippen LogP contribution in [0.25, 0.3) is 10.9 Å². The second kappa shape index (κ2) is 6.02. The number of anilines is 1. The second-order valence-electron chi connectivity index (χ2n) is 5.33. The summed E-state index contributed by atoms with van der Waals surface area (Å²) in [6.45, 7) is 3.51. The Morgan fingerprint density at radius 3 is 3.10 bits per heavy atom. The number of para-hydroxylation sites is 1. The molecule has 0 radical (unpaired) electrons. The van der Waals surface area contributed by atoms with Gasteiger partial charge in [-0.3, -0.25) is 4.79 Å². The molecule has 21 heavy (non-hydrogen) atoms. The van der Waals surface area contributed by atoms with Gasteiger partial charge in [-0.1, -0.05) is 19.1 Å². The number of pyridine rings is 1. The first-order valence-corrected chi connectivity index (χ1v) is 8.06. The van der Waals surface area contributed by atoms with Crippen molar-refractivity contribution in [1.29, 1.82) is 0 Å². The van der Waals surface area contributed by atoms with Gasteiger partial charge >= 0.3 is 0 Å². The zero-order valence-corrected chi connectivity index (χ0v) is 13.6. The van der Waals surface area contributed by atoms with Crippen molar-refractivity contribution >= 4 is 38.6 Å². The lowest BCUT2D eigenvalue weighted by atomic mass is 10.2. The quantitative estimate of drug-likeness (QED) is 0.925. The Morgan fingerprint density at radius 1 is 1.43 bits per heavy atom. The van der Waals surface area contributed by atoms with Gasteiger partial charge in [-0.05, 0) is 40.5 Å². The molecular formula is C16H18BrN3O. The molecule has 0 bridgehead atoms. The molecule has 1 aliphatic rings. The minimum absolute atomic E-state index is 0.230. The van der Waals surface area contributed by atoms with Crippen molar-refractivity contribution in [2.24, 2.45) is 0 Å². The normalized spacial score (nSPS) is 18.2. The fourth-order valence-electron chi connectivity index (χ4n) is 2.73. The standard InChI is InChI=1S/C16H18BrN3O/c1-2-15(21)20-9-8-12(10-20)18-14-7-6-11-4-3-5-13(17)16(11)19-14/h3-7,12H,2,8-10H2,1H3,(H,18,19). The molecule has 1 aromatic carbocycles. The maximum Gasteiger partial charge on any atom is 0.222 e. The van der Waals surface area contributed by atoms with Crippen molar-refractivity contribution in [3.63, 3.8) is 0 Å². The molecule has 0 saturated carbocycles. The van der Waals surface area contributed by atoms with Crippen LogP contribution in [0.2, 0.25) is 0 Å². The smallest absolute Gasteiger partial charge is 0.222 e. The van der Waals surface area contributed by atoms with Gasteiger partial charge in [-0.15, -0.1) is 0 Å². The van der Waals surface area contributed by atoms with Gasteiger partial charge in [0.25, 0.3) is 0 Å². The van der Waals surface area contributed by atoms with Crippen molar-refractivity contribution in [3.8, 4) is 0 Å². The van der Waals surface area contributed by atoms with E-state index in [4.69, 9.17) is 0 Å². The number of amides is 1. The summed E-state index contributed by atoms with van der Waals surface area (Å²) in [6, 6.07) is 10.4. The van der Waals surface area contributed by atoms with Crippen LogP contribution in [0, 0.1) is 0 Å². The zero-order valence-electron chi connectivity index (χ0n) is 12.0. The highest BCUT2D eigenvalue weighted by Gasteiger charge is 2.25. The predicted octanol–water partition coefficient (Wildman–Crippen LogP) is 3.42. The van der Waals surface area contributed by atoms with Gasteiger partial charge in [-0.25, -0.2) is 4.98 Å². The van der Waals surface area contributed by atoms with Gasteiger partial charge in [0, 0.05) is 35.4 Å². The fraction of sp³-hybridized carbons (Fsp3) is 0.375. The zero-order chi connectivity index (χ0) is 14.8. The number of nitrogens with one attached hydrogen (secondary N) is 1. The Hall–Kier alpha value is -1.62. The molecule has 2 heterocycles. The van der Waals surface area contributed by atoms with Crippen molar-refractivity contribution in [2.75, 3.05) is 18.4 Å². The molecule has 1 amide bonds. The van der Waals surface area contributed by atoms with Crippen molar-refractivity contribution in [2.45, 2.75) is 25.8 Å². The van der Waals surface area contributed by atoms with E-state index in [1.54, 1.807) is 0 Å². The molecule has 1 saturated heterocycles. The molecule has 1 aromatic heterocycles. The molecular weight excluding hydrogens is 330 g/mol. The van der Waals surface area contributed by atoms with Crippen LogP contribution in [0.1, 0.15) is 19.8 Å². The SMILES string of the molecule is CCC(=O)N1CCC(Nc2ccc3cccc(Br)c3n2)C1. The summed E-state index contributed by atoms with van der Waals surface area (Å²) in [4.78, 5) is 18.3. The summed E-state index contributed by atoms with van der Waals surface area (Å²) in [6.07, 6.45) is 1.55. The van der Waals surface area contributed by atoms with Crippen LogP contribution in [-0.4, -0.2) is 34.9 Å². The minimum atomic E-state index is 0.230. The third-order valence-electron chi connectivity index (χ3n) is 3.87. The third-order valence-corrected chi connectivity index (χ3v) is 4.51. The van der Waals surface area contributed by atoms with E-state index in [-0.39, 0.29) is 11.9 Å². The molecule has 1 fully saturated rings. The first-order chi connectivity index (χ1) is 10.2. The molecule has 1 N–H and O–H groups in total. The lowest BCUT2D eigenvalue weighted by Gasteiger charge is -2.17. The van der Waals surface area contributed by atoms with E-state index < -0.39 is 0 Å². The summed E-state index contributed by atoms with van der Waals surface area (Å²) in [5, 5.41) is 4.56. The van der Waals surface area contributed by atoms with Crippen LogP contribution < -0.4 is 5.32 Å². The Morgan fingerprint density at radius 2 is 2.29 bits per heavy atom. The number of rotatable bonds is 3. The molecule has 0 spiro atoms. The molecule has 3 rings (SSSR count). The maximum atomic E-state index is 11.7. The second-order valence-corrected chi connectivity index (χ2v) is 6.19. The number of likely N-dealkylation sites (tertiary alicyclic amines) is 1. The number of nitrogens with zero attached hydrogens (tertiary/aromatic N) is 2. The molecule has 2 aromatic rings. The van der Waals surface area contributed by atoms with Gasteiger partial charge in [0.1, 0.15) is 5.82 Å². The van der Waals surface area contributed by atoms with Crippen LogP contribution in [0.5, 0.6) is 0 Å². The first kappa shape index (κ1) is 14.3. The number of hydrogen-bond acceptors (Lipinski definition) is 3. The molecule has 1 unspecified atom stereocenters. The van der Waals surface area contributed by atoms with Crippen LogP contribution in [-0.2, 0) is 4.79 Å². The molecule has 5 heteroatoms. The maximum absolute atomic E-state index is 11.7. The van der Waals surface area contributed by atoms with Gasteiger partial charge in [0.2, 0.25) is 5.91 Å². The number of hydrogen-bond donors (Lipinski definition) is 1. The number of fused-ring (bicyclic) bond motifs is 1. The summed E-state index contributed by atoms with van der Waals surface area (Å²) in [7, 11) is 0. The highest BCUT2D eigenvalue weighted by atomic mass is 79.9. The van der Waals surface area contributed by atoms with Gasteiger partial charge < -0.3 is 10.2 Å². The Bertz CT molecular complexity index is 674. The monoisotopic (exact) mass is 347 g/mol. The van der Waals surface area contributed by atoms with Crippen LogP contribution in [0.15, 0.2) is 34.8 Å². The lowest BCUT2D eigenvalue weighted by Crippen LogP contribution is -2.31. The van der Waals surface area contributed by atoms with E-state index in [2.05, 4.69) is 32.3 Å². The van der Waals surface area contributed by atoms with E-state index in [0.29, 0.717) is 6.42 Å². The Kier molecular flexibility index (Phi) is 4.10. The Balaban J connectivity index is 1.74. The summed E-state index contributed by atoms with van der Waals surface area (Å²) in [5.74, 6) is 1.10. The lowest BCUT2D eigenvalue weighted by molar-refractivity contribution is -0.129. The molecule has 1 atom stereocenters. The first-order valence-electron chi connectivity index (χ1n) is 7.27. The number of benzene rings is 1.